The molecule has 1 saturated heterocycles. The number of hydrogen-bond acceptors (Lipinski definition) is 6. The molecule has 1 N–H and O–H groups in total. The molecule has 0 spiro atoms. The van der Waals surface area contributed by atoms with Crippen molar-refractivity contribution < 1.29 is 19.4 Å². The summed E-state index contributed by atoms with van der Waals surface area (Å²) in [5.41, 5.74) is 0.989. The second-order valence-electron chi connectivity index (χ2n) is 7.23. The number of nitrogens with zero attached hydrogens (tertiary/aromatic N) is 2. The number of aliphatic hydroxyl groups is 1. The number of benzene rings is 2. The van der Waals surface area contributed by atoms with Crippen LogP contribution in [-0.4, -0.2) is 27.9 Å². The van der Waals surface area contributed by atoms with Crippen molar-refractivity contribution in [2.75, 3.05) is 4.90 Å². The predicted octanol–water partition coefficient (Wildman–Crippen LogP) is 5.21. The Morgan fingerprint density at radius 3 is 2.55 bits per heavy atom. The average molecular weight is 455 g/mol. The lowest BCUT2D eigenvalue weighted by atomic mass is 9.95. The molecular formula is C23H19ClN2O4S. The van der Waals surface area contributed by atoms with Gasteiger partial charge in [-0.3, -0.25) is 14.5 Å². The largest absolute Gasteiger partial charge is 0.507 e. The van der Waals surface area contributed by atoms with Crippen LogP contribution < -0.4 is 9.64 Å². The Kier molecular flexibility index (Phi) is 5.80. The number of carbonyl (C=O) groups is 2. The number of carbonyl (C=O) groups excluding carboxylic acids is 2. The van der Waals surface area contributed by atoms with Crippen molar-refractivity contribution in [1.29, 1.82) is 0 Å². The van der Waals surface area contributed by atoms with Crippen LogP contribution in [0.4, 0.5) is 5.13 Å². The first-order chi connectivity index (χ1) is 14.9. The van der Waals surface area contributed by atoms with E-state index in [-0.39, 0.29) is 17.4 Å². The van der Waals surface area contributed by atoms with E-state index in [9.17, 15) is 14.7 Å². The van der Waals surface area contributed by atoms with Gasteiger partial charge in [-0.25, -0.2) is 4.98 Å². The van der Waals surface area contributed by atoms with Gasteiger partial charge in [-0.1, -0.05) is 23.7 Å². The Morgan fingerprint density at radius 2 is 1.94 bits per heavy atom. The molecule has 1 amide bonds. The molecule has 6 nitrogen and oxygen atoms in total. The van der Waals surface area contributed by atoms with Gasteiger partial charge in [0.1, 0.15) is 11.5 Å². The van der Waals surface area contributed by atoms with Crippen LogP contribution in [0, 0.1) is 0 Å². The Morgan fingerprint density at radius 1 is 1.19 bits per heavy atom. The minimum Gasteiger partial charge on any atom is -0.507 e. The lowest BCUT2D eigenvalue weighted by Crippen LogP contribution is -2.29. The molecule has 0 saturated carbocycles. The lowest BCUT2D eigenvalue weighted by molar-refractivity contribution is -0.132. The van der Waals surface area contributed by atoms with Gasteiger partial charge in [0.05, 0.1) is 17.7 Å². The second kappa shape index (κ2) is 8.53. The van der Waals surface area contributed by atoms with Crippen LogP contribution in [0.3, 0.4) is 0 Å². The van der Waals surface area contributed by atoms with E-state index >= 15 is 0 Å². The maximum absolute atomic E-state index is 13.0. The Balaban J connectivity index is 1.85. The average Bonchev–Trinajstić information content (AvgIpc) is 3.35. The zero-order valence-electron chi connectivity index (χ0n) is 16.8. The number of anilines is 1. The summed E-state index contributed by atoms with van der Waals surface area (Å²) < 4.78 is 5.63. The standard InChI is InChI=1S/C23H19ClN2O4S/c1-13(2)30-17-8-6-14(7-9-17)20(27)18-19(15-4-3-5-16(24)12-15)26(22(29)21(18)28)23-25-10-11-31-23/h3-13,19,27H,1-2H3/t19-/m0/s1. The molecule has 2 heterocycles. The van der Waals surface area contributed by atoms with E-state index in [0.29, 0.717) is 27.0 Å². The molecule has 1 aliphatic heterocycles. The van der Waals surface area contributed by atoms with Gasteiger partial charge in [0, 0.05) is 22.2 Å². The third-order valence-electron chi connectivity index (χ3n) is 4.73. The molecule has 1 fully saturated rings. The maximum atomic E-state index is 13.0. The molecule has 3 aromatic rings. The quantitative estimate of drug-likeness (QED) is 0.325. The molecule has 0 bridgehead atoms. The zero-order chi connectivity index (χ0) is 22.1. The lowest BCUT2D eigenvalue weighted by Gasteiger charge is -2.23. The molecule has 4 rings (SSSR count). The first-order valence-corrected chi connectivity index (χ1v) is 10.9. The Bertz CT molecular complexity index is 1160. The van der Waals surface area contributed by atoms with E-state index in [2.05, 4.69) is 4.98 Å². The number of aliphatic hydroxyl groups excluding tert-OH is 1. The molecule has 0 aliphatic carbocycles. The van der Waals surface area contributed by atoms with Crippen LogP contribution in [0.5, 0.6) is 5.75 Å². The summed E-state index contributed by atoms with van der Waals surface area (Å²) in [6.07, 6.45) is 1.56. The topological polar surface area (TPSA) is 79.7 Å². The predicted molar refractivity (Wildman–Crippen MR) is 121 cm³/mol. The molecular weight excluding hydrogens is 436 g/mol. The van der Waals surface area contributed by atoms with Gasteiger partial charge in [0.2, 0.25) is 0 Å². The van der Waals surface area contributed by atoms with Gasteiger partial charge in [0.15, 0.2) is 5.13 Å². The number of hydrogen-bond donors (Lipinski definition) is 1. The molecule has 2 aromatic carbocycles. The van der Waals surface area contributed by atoms with Crippen molar-refractivity contribution in [3.05, 3.63) is 81.8 Å². The SMILES string of the molecule is CC(C)Oc1ccc(C(O)=C2C(=O)C(=O)N(c3nccs3)[C@H]2c2cccc(Cl)c2)cc1. The summed E-state index contributed by atoms with van der Waals surface area (Å²) in [5, 5.41) is 13.6. The molecule has 1 atom stereocenters. The van der Waals surface area contributed by atoms with E-state index in [0.717, 1.165) is 0 Å². The smallest absolute Gasteiger partial charge is 0.301 e. The summed E-state index contributed by atoms with van der Waals surface area (Å²) in [6.45, 7) is 3.83. The van der Waals surface area contributed by atoms with Gasteiger partial charge in [-0.15, -0.1) is 11.3 Å². The van der Waals surface area contributed by atoms with Crippen LogP contribution in [0.15, 0.2) is 65.7 Å². The fourth-order valence-electron chi connectivity index (χ4n) is 3.48. The van der Waals surface area contributed by atoms with Crippen molar-refractivity contribution in [3.63, 3.8) is 0 Å². The fourth-order valence-corrected chi connectivity index (χ4v) is 4.34. The summed E-state index contributed by atoms with van der Waals surface area (Å²) in [5.74, 6) is -1.15. The van der Waals surface area contributed by atoms with Gasteiger partial charge in [-0.2, -0.15) is 0 Å². The number of thiazole rings is 1. The van der Waals surface area contributed by atoms with Crippen LogP contribution in [-0.2, 0) is 9.59 Å². The number of Topliss-reactive ketones (excluding diaryl/α,β-unsaturated/α-hetero) is 1. The summed E-state index contributed by atoms with van der Waals surface area (Å²) in [7, 11) is 0. The number of ketones is 1. The minimum atomic E-state index is -0.851. The van der Waals surface area contributed by atoms with Crippen molar-refractivity contribution in [2.45, 2.75) is 26.0 Å². The number of aromatic nitrogens is 1. The number of halogens is 1. The van der Waals surface area contributed by atoms with Gasteiger partial charge in [0.25, 0.3) is 5.78 Å². The van der Waals surface area contributed by atoms with E-state index in [4.69, 9.17) is 16.3 Å². The van der Waals surface area contributed by atoms with Crippen molar-refractivity contribution in [1.82, 2.24) is 4.98 Å². The highest BCUT2D eigenvalue weighted by Crippen LogP contribution is 2.43. The normalized spacial score (nSPS) is 18.1. The van der Waals surface area contributed by atoms with Crippen molar-refractivity contribution >= 4 is 45.5 Å². The monoisotopic (exact) mass is 454 g/mol. The van der Waals surface area contributed by atoms with Crippen LogP contribution in [0.2, 0.25) is 5.02 Å². The van der Waals surface area contributed by atoms with E-state index in [1.165, 1.54) is 16.2 Å². The summed E-state index contributed by atoms with van der Waals surface area (Å²) in [4.78, 5) is 31.5. The van der Waals surface area contributed by atoms with E-state index in [1.807, 2.05) is 13.8 Å². The first kappa shape index (κ1) is 21.1. The van der Waals surface area contributed by atoms with Crippen molar-refractivity contribution in [2.24, 2.45) is 0 Å². The summed E-state index contributed by atoms with van der Waals surface area (Å²) >= 11 is 7.41. The van der Waals surface area contributed by atoms with Gasteiger partial charge >= 0.3 is 5.91 Å². The maximum Gasteiger partial charge on any atom is 0.301 e. The highest BCUT2D eigenvalue weighted by atomic mass is 35.5. The molecule has 1 aliphatic rings. The van der Waals surface area contributed by atoms with E-state index < -0.39 is 17.7 Å². The third-order valence-corrected chi connectivity index (χ3v) is 5.74. The van der Waals surface area contributed by atoms with Gasteiger partial charge in [-0.05, 0) is 55.8 Å². The molecule has 31 heavy (non-hydrogen) atoms. The second-order valence-corrected chi connectivity index (χ2v) is 8.54. The highest BCUT2D eigenvalue weighted by molar-refractivity contribution is 7.14. The molecule has 158 valence electrons. The summed E-state index contributed by atoms with van der Waals surface area (Å²) in [6, 6.07) is 12.7. The molecule has 0 radical (unpaired) electrons. The number of rotatable bonds is 5. The minimum absolute atomic E-state index is 0.00546. The van der Waals surface area contributed by atoms with Crippen LogP contribution in [0.25, 0.3) is 5.76 Å². The van der Waals surface area contributed by atoms with E-state index in [1.54, 1.807) is 60.1 Å². The Hall–Kier alpha value is -3.16. The molecule has 0 unspecified atom stereocenters. The number of amides is 1. The first-order valence-electron chi connectivity index (χ1n) is 9.60. The number of ether oxygens (including phenoxy) is 1. The zero-order valence-corrected chi connectivity index (χ0v) is 18.4. The van der Waals surface area contributed by atoms with Gasteiger partial charge < -0.3 is 9.84 Å². The highest BCUT2D eigenvalue weighted by Gasteiger charge is 2.48. The van der Waals surface area contributed by atoms with Crippen LogP contribution in [0.1, 0.15) is 31.0 Å². The van der Waals surface area contributed by atoms with Crippen molar-refractivity contribution in [3.8, 4) is 5.75 Å². The Labute approximate surface area is 188 Å². The third kappa shape index (κ3) is 4.06. The molecule has 1 aromatic heterocycles. The molecule has 8 heteroatoms. The fraction of sp³-hybridized carbons (Fsp3) is 0.174. The van der Waals surface area contributed by atoms with Crippen LogP contribution >= 0.6 is 22.9 Å².